The Bertz CT molecular complexity index is 806. The van der Waals surface area contributed by atoms with E-state index in [1.165, 1.54) is 11.1 Å². The van der Waals surface area contributed by atoms with Crippen molar-refractivity contribution in [2.24, 2.45) is 5.41 Å². The van der Waals surface area contributed by atoms with Crippen molar-refractivity contribution in [3.05, 3.63) is 47.5 Å². The Morgan fingerprint density at radius 1 is 1.31 bits per heavy atom. The average Bonchev–Trinajstić information content (AvgIpc) is 3.19. The summed E-state index contributed by atoms with van der Waals surface area (Å²) in [6.07, 6.45) is 5.88. The maximum absolute atomic E-state index is 12.4. The first kappa shape index (κ1) is 17.2. The minimum atomic E-state index is -0.0976. The fourth-order valence-electron chi connectivity index (χ4n) is 4.34. The normalized spacial score (nSPS) is 21.9. The van der Waals surface area contributed by atoms with Gasteiger partial charge in [0.2, 0.25) is 5.91 Å². The lowest BCUT2D eigenvalue weighted by Gasteiger charge is -2.37. The van der Waals surface area contributed by atoms with E-state index in [9.17, 15) is 4.79 Å². The average molecular weight is 353 g/mol. The molecule has 2 aliphatic heterocycles. The monoisotopic (exact) mass is 353 g/mol. The van der Waals surface area contributed by atoms with Crippen LogP contribution in [-0.2, 0) is 11.3 Å². The van der Waals surface area contributed by atoms with E-state index in [4.69, 9.17) is 0 Å². The number of aromatic nitrogens is 2. The summed E-state index contributed by atoms with van der Waals surface area (Å²) in [7, 11) is 0. The Morgan fingerprint density at radius 3 is 2.81 bits per heavy atom. The van der Waals surface area contributed by atoms with Crippen molar-refractivity contribution in [2.45, 2.75) is 39.3 Å². The Kier molecular flexibility index (Phi) is 4.54. The van der Waals surface area contributed by atoms with Gasteiger partial charge in [-0.1, -0.05) is 6.07 Å². The standard InChI is InChI=1S/C20H27N5O/c1-14-11-17(25-10-9-22-15(25)2)4-3-16(14)12-23-18-19(26)24-13-20(18)5-7-21-8-6-20/h3-4,9-11,18,21,23H,5-8,12-13H2,1-2H3,(H,24,26). The maximum Gasteiger partial charge on any atom is 0.237 e. The number of hydrogen-bond donors (Lipinski definition) is 3. The van der Waals surface area contributed by atoms with Gasteiger partial charge in [0, 0.05) is 36.6 Å². The van der Waals surface area contributed by atoms with Gasteiger partial charge in [0.25, 0.3) is 0 Å². The van der Waals surface area contributed by atoms with Gasteiger partial charge in [-0.15, -0.1) is 0 Å². The van der Waals surface area contributed by atoms with Gasteiger partial charge in [-0.05, 0) is 63.0 Å². The second-order valence-electron chi connectivity index (χ2n) is 7.60. The number of benzene rings is 1. The van der Waals surface area contributed by atoms with E-state index in [-0.39, 0.29) is 17.4 Å². The molecule has 138 valence electrons. The summed E-state index contributed by atoms with van der Waals surface area (Å²) < 4.78 is 2.08. The minimum absolute atomic E-state index is 0.0596. The lowest BCUT2D eigenvalue weighted by atomic mass is 9.74. The molecule has 1 unspecified atom stereocenters. The Labute approximate surface area is 154 Å². The largest absolute Gasteiger partial charge is 0.354 e. The summed E-state index contributed by atoms with van der Waals surface area (Å²) in [5.41, 5.74) is 3.63. The van der Waals surface area contributed by atoms with Crippen LogP contribution in [0.2, 0.25) is 0 Å². The second-order valence-corrected chi connectivity index (χ2v) is 7.60. The SMILES string of the molecule is Cc1cc(-n2ccnc2C)ccc1CNC1C(=O)NCC12CCNCC2. The molecule has 2 aliphatic rings. The van der Waals surface area contributed by atoms with Gasteiger partial charge in [-0.3, -0.25) is 4.79 Å². The van der Waals surface area contributed by atoms with Crippen LogP contribution in [0.5, 0.6) is 0 Å². The van der Waals surface area contributed by atoms with Crippen LogP contribution in [0.1, 0.15) is 29.8 Å². The van der Waals surface area contributed by atoms with Gasteiger partial charge in [0.1, 0.15) is 5.82 Å². The van der Waals surface area contributed by atoms with E-state index in [0.717, 1.165) is 44.0 Å². The molecule has 3 heterocycles. The highest BCUT2D eigenvalue weighted by molar-refractivity contribution is 5.85. The molecule has 1 atom stereocenters. The molecule has 1 aromatic carbocycles. The fourth-order valence-corrected chi connectivity index (χ4v) is 4.34. The summed E-state index contributed by atoms with van der Waals surface area (Å²) in [4.78, 5) is 16.7. The Balaban J connectivity index is 1.49. The molecule has 0 radical (unpaired) electrons. The van der Waals surface area contributed by atoms with Gasteiger partial charge >= 0.3 is 0 Å². The number of aryl methyl sites for hydroxylation is 2. The number of piperidine rings is 1. The highest BCUT2D eigenvalue weighted by Gasteiger charge is 2.48. The minimum Gasteiger partial charge on any atom is -0.354 e. The van der Waals surface area contributed by atoms with Crippen molar-refractivity contribution < 1.29 is 4.79 Å². The first-order valence-corrected chi connectivity index (χ1v) is 9.41. The molecule has 1 spiro atoms. The molecular formula is C20H27N5O. The molecule has 0 bridgehead atoms. The van der Waals surface area contributed by atoms with E-state index in [2.05, 4.69) is 50.6 Å². The number of carbonyl (C=O) groups is 1. The molecule has 1 amide bonds. The van der Waals surface area contributed by atoms with Crippen LogP contribution < -0.4 is 16.0 Å². The van der Waals surface area contributed by atoms with E-state index >= 15 is 0 Å². The number of amides is 1. The van der Waals surface area contributed by atoms with Crippen molar-refractivity contribution in [1.82, 2.24) is 25.5 Å². The van der Waals surface area contributed by atoms with Crippen LogP contribution in [0, 0.1) is 19.3 Å². The molecule has 4 rings (SSSR count). The van der Waals surface area contributed by atoms with Crippen molar-refractivity contribution in [1.29, 1.82) is 0 Å². The smallest absolute Gasteiger partial charge is 0.237 e. The predicted octanol–water partition coefficient (Wildman–Crippen LogP) is 1.45. The first-order valence-electron chi connectivity index (χ1n) is 9.41. The summed E-state index contributed by atoms with van der Waals surface area (Å²) in [6, 6.07) is 6.35. The first-order chi connectivity index (χ1) is 12.6. The Hall–Kier alpha value is -2.18. The van der Waals surface area contributed by atoms with Crippen LogP contribution >= 0.6 is 0 Å². The van der Waals surface area contributed by atoms with Crippen molar-refractivity contribution in [2.75, 3.05) is 19.6 Å². The van der Waals surface area contributed by atoms with E-state index in [1.54, 1.807) is 0 Å². The summed E-state index contributed by atoms with van der Waals surface area (Å²) in [5, 5.41) is 10.0. The third-order valence-corrected chi connectivity index (χ3v) is 6.02. The van der Waals surface area contributed by atoms with E-state index in [1.807, 2.05) is 19.3 Å². The predicted molar refractivity (Wildman–Crippen MR) is 101 cm³/mol. The van der Waals surface area contributed by atoms with Gasteiger partial charge in [0.05, 0.1) is 6.04 Å². The fraction of sp³-hybridized carbons (Fsp3) is 0.500. The molecule has 1 aromatic heterocycles. The lowest BCUT2D eigenvalue weighted by molar-refractivity contribution is -0.122. The van der Waals surface area contributed by atoms with Gasteiger partial charge in [-0.2, -0.15) is 0 Å². The molecule has 2 saturated heterocycles. The summed E-state index contributed by atoms with van der Waals surface area (Å²) in [6.45, 7) is 7.62. The van der Waals surface area contributed by atoms with Gasteiger partial charge < -0.3 is 20.5 Å². The maximum atomic E-state index is 12.4. The summed E-state index contributed by atoms with van der Waals surface area (Å²) in [5.74, 6) is 1.13. The molecule has 6 nitrogen and oxygen atoms in total. The molecule has 0 aliphatic carbocycles. The number of nitrogens with one attached hydrogen (secondary N) is 3. The number of carbonyl (C=O) groups excluding carboxylic acids is 1. The van der Waals surface area contributed by atoms with Gasteiger partial charge in [-0.25, -0.2) is 4.98 Å². The zero-order valence-corrected chi connectivity index (χ0v) is 15.5. The van der Waals surface area contributed by atoms with Crippen LogP contribution in [0.3, 0.4) is 0 Å². The molecular weight excluding hydrogens is 326 g/mol. The molecule has 3 N–H and O–H groups in total. The zero-order chi connectivity index (χ0) is 18.1. The molecule has 26 heavy (non-hydrogen) atoms. The third kappa shape index (κ3) is 3.04. The van der Waals surface area contributed by atoms with Crippen molar-refractivity contribution in [3.8, 4) is 5.69 Å². The zero-order valence-electron chi connectivity index (χ0n) is 15.5. The number of nitrogens with zero attached hydrogens (tertiary/aromatic N) is 2. The van der Waals surface area contributed by atoms with E-state index < -0.39 is 0 Å². The number of hydrogen-bond acceptors (Lipinski definition) is 4. The lowest BCUT2D eigenvalue weighted by Crippen LogP contribution is -2.51. The highest BCUT2D eigenvalue weighted by Crippen LogP contribution is 2.36. The van der Waals surface area contributed by atoms with Crippen LogP contribution in [0.15, 0.2) is 30.6 Å². The quantitative estimate of drug-likeness (QED) is 0.778. The molecule has 0 saturated carbocycles. The number of rotatable bonds is 4. The second kappa shape index (κ2) is 6.85. The molecule has 6 heteroatoms. The topological polar surface area (TPSA) is 71.0 Å². The Morgan fingerprint density at radius 2 is 2.12 bits per heavy atom. The van der Waals surface area contributed by atoms with Crippen molar-refractivity contribution >= 4 is 5.91 Å². The molecule has 2 fully saturated rings. The molecule has 2 aromatic rings. The van der Waals surface area contributed by atoms with Crippen LogP contribution in [0.4, 0.5) is 0 Å². The number of imidazole rings is 1. The van der Waals surface area contributed by atoms with E-state index in [0.29, 0.717) is 6.54 Å². The van der Waals surface area contributed by atoms with Crippen LogP contribution in [-0.4, -0.2) is 41.1 Å². The summed E-state index contributed by atoms with van der Waals surface area (Å²) >= 11 is 0. The third-order valence-electron chi connectivity index (χ3n) is 6.02. The highest BCUT2D eigenvalue weighted by atomic mass is 16.2. The van der Waals surface area contributed by atoms with Crippen molar-refractivity contribution in [3.63, 3.8) is 0 Å². The van der Waals surface area contributed by atoms with Gasteiger partial charge in [0.15, 0.2) is 0 Å². The van der Waals surface area contributed by atoms with Crippen LogP contribution in [0.25, 0.3) is 5.69 Å².